The molecule has 1 aromatic heterocycles. The predicted molar refractivity (Wildman–Crippen MR) is 129 cm³/mol. The van der Waals surface area contributed by atoms with Gasteiger partial charge in [-0.25, -0.2) is 9.78 Å². The maximum atomic E-state index is 13.4. The Hall–Kier alpha value is -3.13. The number of amides is 3. The molecular weight excluding hydrogens is 424 g/mol. The molecule has 0 bridgehead atoms. The number of carbonyl (C=O) groups is 2. The van der Waals surface area contributed by atoms with Crippen molar-refractivity contribution in [3.05, 3.63) is 63.9 Å². The summed E-state index contributed by atoms with van der Waals surface area (Å²) in [6.07, 6.45) is 0. The van der Waals surface area contributed by atoms with Gasteiger partial charge in [-0.2, -0.15) is 0 Å². The molecule has 3 amide bonds. The standard InChI is InChI=1S/C24H28N4O3S/c1-14(2)13-25-23(31)27-21(29)17(5)32-24-26-20-9-7-6-8-19(20)22(30)28(24)18-11-10-15(3)16(4)12-18/h6-12,14,17H,13H2,1-5H3,(H2,25,27,29,31). The zero-order valence-corrected chi connectivity index (χ0v) is 19.7. The highest BCUT2D eigenvalue weighted by Gasteiger charge is 2.22. The number of aromatic nitrogens is 2. The van der Waals surface area contributed by atoms with Gasteiger partial charge in [-0.05, 0) is 62.1 Å². The van der Waals surface area contributed by atoms with E-state index >= 15 is 0 Å². The average Bonchev–Trinajstić information content (AvgIpc) is 2.74. The Morgan fingerprint density at radius 2 is 1.78 bits per heavy atom. The van der Waals surface area contributed by atoms with Gasteiger partial charge in [0, 0.05) is 6.54 Å². The van der Waals surface area contributed by atoms with Crippen molar-refractivity contribution >= 4 is 34.6 Å². The Morgan fingerprint density at radius 1 is 1.06 bits per heavy atom. The molecule has 0 fully saturated rings. The van der Waals surface area contributed by atoms with Crippen LogP contribution in [-0.4, -0.2) is 33.3 Å². The van der Waals surface area contributed by atoms with Gasteiger partial charge in [0.1, 0.15) is 0 Å². The number of para-hydroxylation sites is 1. The van der Waals surface area contributed by atoms with Crippen LogP contribution in [0.1, 0.15) is 31.9 Å². The molecule has 1 heterocycles. The quantitative estimate of drug-likeness (QED) is 0.436. The van der Waals surface area contributed by atoms with Gasteiger partial charge >= 0.3 is 6.03 Å². The fourth-order valence-electron chi connectivity index (χ4n) is 3.05. The third-order valence-corrected chi connectivity index (χ3v) is 6.10. The molecule has 32 heavy (non-hydrogen) atoms. The third kappa shape index (κ3) is 5.37. The number of hydrogen-bond donors (Lipinski definition) is 2. The van der Waals surface area contributed by atoms with Crippen molar-refractivity contribution in [3.8, 4) is 5.69 Å². The number of aryl methyl sites for hydroxylation is 2. The first-order chi connectivity index (χ1) is 15.2. The second kappa shape index (κ2) is 9.99. The molecule has 8 heteroatoms. The van der Waals surface area contributed by atoms with Crippen LogP contribution in [0.15, 0.2) is 52.4 Å². The first-order valence-corrected chi connectivity index (χ1v) is 11.4. The molecule has 0 saturated carbocycles. The largest absolute Gasteiger partial charge is 0.338 e. The van der Waals surface area contributed by atoms with Gasteiger partial charge < -0.3 is 5.32 Å². The summed E-state index contributed by atoms with van der Waals surface area (Å²) in [7, 11) is 0. The molecule has 0 spiro atoms. The van der Waals surface area contributed by atoms with Crippen molar-refractivity contribution in [3.63, 3.8) is 0 Å². The van der Waals surface area contributed by atoms with Gasteiger partial charge in [0.15, 0.2) is 5.16 Å². The fraction of sp³-hybridized carbons (Fsp3) is 0.333. The molecule has 0 aliphatic rings. The number of urea groups is 1. The maximum absolute atomic E-state index is 13.4. The van der Waals surface area contributed by atoms with Gasteiger partial charge in [-0.1, -0.05) is 43.8 Å². The summed E-state index contributed by atoms with van der Waals surface area (Å²) in [6, 6.07) is 12.4. The highest BCUT2D eigenvalue weighted by Crippen LogP contribution is 2.26. The lowest BCUT2D eigenvalue weighted by atomic mass is 10.1. The van der Waals surface area contributed by atoms with Gasteiger partial charge in [-0.15, -0.1) is 0 Å². The minimum Gasteiger partial charge on any atom is -0.338 e. The van der Waals surface area contributed by atoms with E-state index in [-0.39, 0.29) is 11.5 Å². The summed E-state index contributed by atoms with van der Waals surface area (Å²) in [5.41, 5.74) is 3.20. The SMILES string of the molecule is Cc1ccc(-n2c(SC(C)C(=O)NC(=O)NCC(C)C)nc3ccccc3c2=O)cc1C. The van der Waals surface area contributed by atoms with Crippen molar-refractivity contribution in [2.24, 2.45) is 5.92 Å². The number of nitrogens with one attached hydrogen (secondary N) is 2. The molecule has 2 aromatic carbocycles. The molecule has 168 valence electrons. The van der Waals surface area contributed by atoms with E-state index in [9.17, 15) is 14.4 Å². The number of fused-ring (bicyclic) bond motifs is 1. The monoisotopic (exact) mass is 452 g/mol. The van der Waals surface area contributed by atoms with Crippen LogP contribution in [0.2, 0.25) is 0 Å². The predicted octanol–water partition coefficient (Wildman–Crippen LogP) is 3.96. The summed E-state index contributed by atoms with van der Waals surface area (Å²) in [5.74, 6) is -0.179. The minimum absolute atomic E-state index is 0.205. The Labute approximate surface area is 191 Å². The van der Waals surface area contributed by atoms with Crippen LogP contribution in [0, 0.1) is 19.8 Å². The number of rotatable bonds is 6. The van der Waals surface area contributed by atoms with Crippen molar-refractivity contribution < 1.29 is 9.59 Å². The maximum Gasteiger partial charge on any atom is 0.321 e. The molecular formula is C24H28N4O3S. The van der Waals surface area contributed by atoms with E-state index in [0.717, 1.165) is 22.9 Å². The third-order valence-electron chi connectivity index (χ3n) is 5.05. The summed E-state index contributed by atoms with van der Waals surface area (Å²) in [4.78, 5) is 42.6. The second-order valence-corrected chi connectivity index (χ2v) is 9.48. The average molecular weight is 453 g/mol. The molecule has 7 nitrogen and oxygen atoms in total. The molecule has 0 aliphatic heterocycles. The van der Waals surface area contributed by atoms with E-state index in [1.54, 1.807) is 25.1 Å². The van der Waals surface area contributed by atoms with Crippen molar-refractivity contribution in [1.29, 1.82) is 0 Å². The highest BCUT2D eigenvalue weighted by atomic mass is 32.2. The van der Waals surface area contributed by atoms with E-state index < -0.39 is 17.2 Å². The highest BCUT2D eigenvalue weighted by molar-refractivity contribution is 8.00. The fourth-order valence-corrected chi connectivity index (χ4v) is 3.98. The molecule has 0 aliphatic carbocycles. The van der Waals surface area contributed by atoms with Gasteiger partial charge in [0.2, 0.25) is 5.91 Å². The van der Waals surface area contributed by atoms with Crippen molar-refractivity contribution in [2.45, 2.75) is 45.0 Å². The lowest BCUT2D eigenvalue weighted by molar-refractivity contribution is -0.119. The lowest BCUT2D eigenvalue weighted by Gasteiger charge is -2.17. The molecule has 2 N–H and O–H groups in total. The van der Waals surface area contributed by atoms with Crippen molar-refractivity contribution in [1.82, 2.24) is 20.2 Å². The molecule has 0 radical (unpaired) electrons. The molecule has 1 atom stereocenters. The summed E-state index contributed by atoms with van der Waals surface area (Å²) < 4.78 is 1.53. The van der Waals surface area contributed by atoms with E-state index in [2.05, 4.69) is 15.6 Å². The zero-order valence-electron chi connectivity index (χ0n) is 18.9. The van der Waals surface area contributed by atoms with Crippen molar-refractivity contribution in [2.75, 3.05) is 6.54 Å². The van der Waals surface area contributed by atoms with E-state index in [0.29, 0.717) is 28.3 Å². The smallest absolute Gasteiger partial charge is 0.321 e. The first kappa shape index (κ1) is 23.5. The summed E-state index contributed by atoms with van der Waals surface area (Å²) in [6.45, 7) is 10.1. The molecule has 3 rings (SSSR count). The number of carbonyl (C=O) groups excluding carboxylic acids is 2. The lowest BCUT2D eigenvalue weighted by Crippen LogP contribution is -2.43. The zero-order chi connectivity index (χ0) is 23.4. The summed E-state index contributed by atoms with van der Waals surface area (Å²) in [5, 5.41) is 5.26. The van der Waals surface area contributed by atoms with Gasteiger partial charge in [0.05, 0.1) is 21.8 Å². The topological polar surface area (TPSA) is 93.1 Å². The number of hydrogen-bond acceptors (Lipinski definition) is 5. The van der Waals surface area contributed by atoms with E-state index in [1.165, 1.54) is 4.57 Å². The number of imide groups is 1. The minimum atomic E-state index is -0.648. The Bertz CT molecular complexity index is 1220. The van der Waals surface area contributed by atoms with Gasteiger partial charge in [-0.3, -0.25) is 19.5 Å². The van der Waals surface area contributed by atoms with Crippen LogP contribution in [0.5, 0.6) is 0 Å². The van der Waals surface area contributed by atoms with Gasteiger partial charge in [0.25, 0.3) is 5.56 Å². The Morgan fingerprint density at radius 3 is 2.47 bits per heavy atom. The first-order valence-electron chi connectivity index (χ1n) is 10.5. The van der Waals surface area contributed by atoms with Crippen LogP contribution in [-0.2, 0) is 4.79 Å². The number of benzene rings is 2. The van der Waals surface area contributed by atoms with E-state index in [4.69, 9.17) is 0 Å². The Balaban J connectivity index is 1.96. The molecule has 0 saturated heterocycles. The summed E-state index contributed by atoms with van der Waals surface area (Å²) >= 11 is 1.14. The van der Waals surface area contributed by atoms with Crippen LogP contribution in [0.4, 0.5) is 4.79 Å². The Kier molecular flexibility index (Phi) is 7.35. The van der Waals surface area contributed by atoms with Crippen LogP contribution >= 0.6 is 11.8 Å². The molecule has 1 unspecified atom stereocenters. The molecule has 3 aromatic rings. The normalized spacial score (nSPS) is 12.1. The van der Waals surface area contributed by atoms with Crippen LogP contribution < -0.4 is 16.2 Å². The number of nitrogens with zero attached hydrogens (tertiary/aromatic N) is 2. The second-order valence-electron chi connectivity index (χ2n) is 8.17. The van der Waals surface area contributed by atoms with Crippen LogP contribution in [0.3, 0.4) is 0 Å². The van der Waals surface area contributed by atoms with Crippen LogP contribution in [0.25, 0.3) is 16.6 Å². The number of thioether (sulfide) groups is 1. The van der Waals surface area contributed by atoms with E-state index in [1.807, 2.05) is 52.0 Å².